The minimum Gasteiger partial charge on any atom is -0.294 e. The minimum absolute atomic E-state index is 0.163. The number of rotatable bonds is 3. The number of ketones is 1. The van der Waals surface area contributed by atoms with Gasteiger partial charge in [0.05, 0.1) is 5.52 Å². The Morgan fingerprint density at radius 2 is 2.18 bits per heavy atom. The van der Waals surface area contributed by atoms with Gasteiger partial charge in [0.25, 0.3) is 0 Å². The molecule has 1 heterocycles. The van der Waals surface area contributed by atoms with Gasteiger partial charge in [0.2, 0.25) is 0 Å². The van der Waals surface area contributed by atoms with Crippen molar-refractivity contribution in [1.82, 2.24) is 4.98 Å². The van der Waals surface area contributed by atoms with Gasteiger partial charge in [0.15, 0.2) is 5.78 Å². The Labute approximate surface area is 101 Å². The highest BCUT2D eigenvalue weighted by molar-refractivity contribution is 6.00. The maximum absolute atomic E-state index is 12.2. The molecule has 2 heteroatoms. The van der Waals surface area contributed by atoms with Gasteiger partial charge >= 0.3 is 0 Å². The molecule has 0 amide bonds. The molecule has 2 aromatic rings. The van der Waals surface area contributed by atoms with Gasteiger partial charge in [-0.25, -0.2) is 0 Å². The van der Waals surface area contributed by atoms with E-state index in [9.17, 15) is 4.79 Å². The zero-order chi connectivity index (χ0) is 11.8. The van der Waals surface area contributed by atoms with E-state index in [4.69, 9.17) is 0 Å². The van der Waals surface area contributed by atoms with Crippen molar-refractivity contribution < 1.29 is 4.79 Å². The lowest BCUT2D eigenvalue weighted by molar-refractivity contribution is 0.0916. The Morgan fingerprint density at radius 3 is 2.94 bits per heavy atom. The molecular formula is C15H15NO. The Bertz CT molecular complexity index is 572. The van der Waals surface area contributed by atoms with Gasteiger partial charge < -0.3 is 0 Å². The summed E-state index contributed by atoms with van der Waals surface area (Å²) in [6.07, 6.45) is 4.18. The number of nitrogens with zero attached hydrogens (tertiary/aromatic N) is 1. The van der Waals surface area contributed by atoms with Crippen molar-refractivity contribution in [1.29, 1.82) is 0 Å². The van der Waals surface area contributed by atoms with E-state index in [1.807, 2.05) is 37.3 Å². The zero-order valence-corrected chi connectivity index (χ0v) is 9.89. The molecule has 1 saturated carbocycles. The van der Waals surface area contributed by atoms with Crippen LogP contribution in [0.4, 0.5) is 0 Å². The zero-order valence-electron chi connectivity index (χ0n) is 9.89. The fourth-order valence-electron chi connectivity index (χ4n) is 2.29. The number of aromatic nitrogens is 1. The van der Waals surface area contributed by atoms with E-state index in [-0.39, 0.29) is 11.7 Å². The Balaban J connectivity index is 1.97. The van der Waals surface area contributed by atoms with Crippen molar-refractivity contribution in [3.63, 3.8) is 0 Å². The molecule has 0 saturated heterocycles. The topological polar surface area (TPSA) is 30.0 Å². The third-order valence-electron chi connectivity index (χ3n) is 3.63. The van der Waals surface area contributed by atoms with Crippen molar-refractivity contribution in [2.75, 3.05) is 0 Å². The number of pyridine rings is 1. The van der Waals surface area contributed by atoms with E-state index in [0.717, 1.165) is 16.5 Å². The smallest absolute Gasteiger partial charge is 0.166 e. The van der Waals surface area contributed by atoms with Gasteiger partial charge in [-0.3, -0.25) is 9.78 Å². The second-order valence-corrected chi connectivity index (χ2v) is 4.90. The van der Waals surface area contributed by atoms with E-state index in [1.165, 1.54) is 12.8 Å². The monoisotopic (exact) mass is 225 g/mol. The molecule has 1 aliphatic rings. The molecule has 0 aliphatic heterocycles. The first-order valence-electron chi connectivity index (χ1n) is 6.15. The first-order valence-corrected chi connectivity index (χ1v) is 6.15. The van der Waals surface area contributed by atoms with Crippen LogP contribution in [0.25, 0.3) is 10.9 Å². The summed E-state index contributed by atoms with van der Waals surface area (Å²) in [5.74, 6) is 1.04. The van der Waals surface area contributed by atoms with Crippen LogP contribution in [0.3, 0.4) is 0 Å². The largest absolute Gasteiger partial charge is 0.294 e. The number of benzene rings is 1. The average molecular weight is 225 g/mol. The highest BCUT2D eigenvalue weighted by Crippen LogP contribution is 2.38. The number of carbonyl (C=O) groups is 1. The van der Waals surface area contributed by atoms with Crippen LogP contribution < -0.4 is 0 Å². The summed E-state index contributed by atoms with van der Waals surface area (Å²) in [4.78, 5) is 16.5. The first kappa shape index (κ1) is 10.5. The number of hydrogen-bond acceptors (Lipinski definition) is 2. The molecule has 1 aromatic carbocycles. The lowest BCUT2D eigenvalue weighted by Gasteiger charge is -2.09. The second kappa shape index (κ2) is 3.95. The fraction of sp³-hybridized carbons (Fsp3) is 0.333. The second-order valence-electron chi connectivity index (χ2n) is 4.90. The maximum Gasteiger partial charge on any atom is 0.166 e. The van der Waals surface area contributed by atoms with E-state index >= 15 is 0 Å². The summed E-state index contributed by atoms with van der Waals surface area (Å²) >= 11 is 0. The summed E-state index contributed by atoms with van der Waals surface area (Å²) in [7, 11) is 0. The minimum atomic E-state index is 0.163. The molecule has 86 valence electrons. The Morgan fingerprint density at radius 1 is 1.35 bits per heavy atom. The summed E-state index contributed by atoms with van der Waals surface area (Å²) in [5, 5.41) is 1.09. The van der Waals surface area contributed by atoms with Crippen molar-refractivity contribution in [2.45, 2.75) is 19.8 Å². The normalized spacial score (nSPS) is 17.0. The third-order valence-corrected chi connectivity index (χ3v) is 3.63. The molecule has 0 N–H and O–H groups in total. The number of Topliss-reactive ketones (excluding diaryl/α,β-unsaturated/α-hetero) is 1. The van der Waals surface area contributed by atoms with E-state index in [2.05, 4.69) is 4.98 Å². The quantitative estimate of drug-likeness (QED) is 0.749. The van der Waals surface area contributed by atoms with Crippen LogP contribution in [0.1, 0.15) is 30.1 Å². The van der Waals surface area contributed by atoms with Crippen LogP contribution in [0, 0.1) is 11.8 Å². The molecule has 1 aliphatic carbocycles. The van der Waals surface area contributed by atoms with Gasteiger partial charge in [-0.2, -0.15) is 0 Å². The molecule has 1 atom stereocenters. The van der Waals surface area contributed by atoms with Crippen molar-refractivity contribution in [3.8, 4) is 0 Å². The predicted molar refractivity (Wildman–Crippen MR) is 68.0 cm³/mol. The van der Waals surface area contributed by atoms with Gasteiger partial charge in [-0.1, -0.05) is 25.1 Å². The lowest BCUT2D eigenvalue weighted by Crippen LogP contribution is -2.13. The summed E-state index contributed by atoms with van der Waals surface area (Å²) < 4.78 is 0. The predicted octanol–water partition coefficient (Wildman–Crippen LogP) is 3.46. The molecule has 0 radical (unpaired) electrons. The van der Waals surface area contributed by atoms with E-state index < -0.39 is 0 Å². The fourth-order valence-corrected chi connectivity index (χ4v) is 2.29. The van der Waals surface area contributed by atoms with Gasteiger partial charge in [0.1, 0.15) is 0 Å². The van der Waals surface area contributed by atoms with Gasteiger partial charge in [-0.15, -0.1) is 0 Å². The standard InChI is InChI=1S/C15H15NO/c1-10(11-4-5-11)15(17)13-7-6-12-3-2-8-16-14(12)9-13/h2-3,6-11H,4-5H2,1H3. The highest BCUT2D eigenvalue weighted by atomic mass is 16.1. The SMILES string of the molecule is CC(C(=O)c1ccc2cccnc2c1)C1CC1. The van der Waals surface area contributed by atoms with E-state index in [0.29, 0.717) is 5.92 Å². The van der Waals surface area contributed by atoms with Gasteiger partial charge in [0, 0.05) is 23.1 Å². The van der Waals surface area contributed by atoms with Crippen molar-refractivity contribution >= 4 is 16.7 Å². The number of hydrogen-bond donors (Lipinski definition) is 0. The maximum atomic E-state index is 12.2. The highest BCUT2D eigenvalue weighted by Gasteiger charge is 2.32. The van der Waals surface area contributed by atoms with Crippen molar-refractivity contribution in [3.05, 3.63) is 42.1 Å². The average Bonchev–Trinajstić information content (AvgIpc) is 3.21. The molecule has 3 rings (SSSR count). The van der Waals surface area contributed by atoms with Crippen LogP contribution in [0.15, 0.2) is 36.5 Å². The summed E-state index contributed by atoms with van der Waals surface area (Å²) in [6, 6.07) is 9.74. The molecular weight excluding hydrogens is 210 g/mol. The molecule has 1 aromatic heterocycles. The van der Waals surface area contributed by atoms with Crippen molar-refractivity contribution in [2.24, 2.45) is 11.8 Å². The molecule has 0 spiro atoms. The Kier molecular flexibility index (Phi) is 2.43. The van der Waals surface area contributed by atoms with Gasteiger partial charge in [-0.05, 0) is 30.9 Å². The molecule has 1 unspecified atom stereocenters. The van der Waals surface area contributed by atoms with Crippen LogP contribution in [0.2, 0.25) is 0 Å². The molecule has 1 fully saturated rings. The number of carbonyl (C=O) groups excluding carboxylic acids is 1. The van der Waals surface area contributed by atoms with Crippen LogP contribution in [-0.4, -0.2) is 10.8 Å². The van der Waals surface area contributed by atoms with Crippen LogP contribution >= 0.6 is 0 Å². The summed E-state index contributed by atoms with van der Waals surface area (Å²) in [6.45, 7) is 2.04. The number of fused-ring (bicyclic) bond motifs is 1. The lowest BCUT2D eigenvalue weighted by atomic mass is 9.94. The molecule has 17 heavy (non-hydrogen) atoms. The molecule has 0 bridgehead atoms. The first-order chi connectivity index (χ1) is 8.25. The van der Waals surface area contributed by atoms with E-state index in [1.54, 1.807) is 6.20 Å². The summed E-state index contributed by atoms with van der Waals surface area (Å²) in [5.41, 5.74) is 1.71. The third kappa shape index (κ3) is 1.95. The Hall–Kier alpha value is -1.70. The van der Waals surface area contributed by atoms with Crippen LogP contribution in [0.5, 0.6) is 0 Å². The van der Waals surface area contributed by atoms with Crippen LogP contribution in [-0.2, 0) is 0 Å². The molecule has 2 nitrogen and oxygen atoms in total.